The first-order valence-electron chi connectivity index (χ1n) is 8.15. The molecule has 0 aromatic carbocycles. The Kier molecular flexibility index (Phi) is 4.53. The minimum atomic E-state index is 0.0484. The third kappa shape index (κ3) is 2.87. The predicted octanol–water partition coefficient (Wildman–Crippen LogP) is 2.45. The molecule has 0 unspecified atom stereocenters. The summed E-state index contributed by atoms with van der Waals surface area (Å²) in [5, 5.41) is 16.6. The standard InChI is InChI=1S/C17H24N6O/c1-11(2)15-13(17(24-5)22(4)21-15)10-18-12(3)16-20-19-14-8-6-7-9-23(14)16/h6-9,11-12,18H,10H2,1-5H3/t12-/m0/s1. The molecule has 24 heavy (non-hydrogen) atoms. The highest BCUT2D eigenvalue weighted by Crippen LogP contribution is 2.27. The quantitative estimate of drug-likeness (QED) is 0.753. The van der Waals surface area contributed by atoms with E-state index >= 15 is 0 Å². The van der Waals surface area contributed by atoms with Crippen LogP contribution in [0.25, 0.3) is 5.65 Å². The summed E-state index contributed by atoms with van der Waals surface area (Å²) in [7, 11) is 3.59. The van der Waals surface area contributed by atoms with E-state index in [4.69, 9.17) is 4.74 Å². The van der Waals surface area contributed by atoms with E-state index in [2.05, 4.69) is 41.4 Å². The van der Waals surface area contributed by atoms with E-state index in [1.54, 1.807) is 11.8 Å². The highest BCUT2D eigenvalue weighted by atomic mass is 16.5. The van der Waals surface area contributed by atoms with Crippen molar-refractivity contribution in [2.24, 2.45) is 7.05 Å². The molecule has 3 aromatic heterocycles. The number of aryl methyl sites for hydroxylation is 1. The molecule has 0 bridgehead atoms. The van der Waals surface area contributed by atoms with Gasteiger partial charge in [-0.15, -0.1) is 10.2 Å². The monoisotopic (exact) mass is 328 g/mol. The van der Waals surface area contributed by atoms with Crippen LogP contribution in [-0.2, 0) is 13.6 Å². The van der Waals surface area contributed by atoms with Crippen LogP contribution in [0.15, 0.2) is 24.4 Å². The summed E-state index contributed by atoms with van der Waals surface area (Å²) in [6.45, 7) is 7.02. The molecule has 1 N–H and O–H groups in total. The van der Waals surface area contributed by atoms with Gasteiger partial charge in [-0.05, 0) is 25.0 Å². The summed E-state index contributed by atoms with van der Waals surface area (Å²) >= 11 is 0. The molecule has 3 rings (SSSR count). The number of hydrogen-bond donors (Lipinski definition) is 1. The fraction of sp³-hybridized carbons (Fsp3) is 0.471. The second-order valence-corrected chi connectivity index (χ2v) is 6.24. The van der Waals surface area contributed by atoms with Gasteiger partial charge in [0.05, 0.1) is 24.4 Å². The van der Waals surface area contributed by atoms with Crippen LogP contribution in [0.4, 0.5) is 0 Å². The molecule has 0 amide bonds. The molecular formula is C17H24N6O. The fourth-order valence-corrected chi connectivity index (χ4v) is 2.96. The first-order valence-corrected chi connectivity index (χ1v) is 8.15. The number of nitrogens with one attached hydrogen (secondary N) is 1. The first kappa shape index (κ1) is 16.4. The van der Waals surface area contributed by atoms with Crippen LogP contribution in [0, 0.1) is 0 Å². The van der Waals surface area contributed by atoms with Gasteiger partial charge in [0.25, 0.3) is 0 Å². The predicted molar refractivity (Wildman–Crippen MR) is 92.1 cm³/mol. The largest absolute Gasteiger partial charge is 0.481 e. The normalized spacial score (nSPS) is 12.9. The lowest BCUT2D eigenvalue weighted by molar-refractivity contribution is 0.366. The van der Waals surface area contributed by atoms with E-state index < -0.39 is 0 Å². The third-order valence-corrected chi connectivity index (χ3v) is 4.17. The van der Waals surface area contributed by atoms with Crippen LogP contribution in [-0.4, -0.2) is 31.5 Å². The Morgan fingerprint density at radius 2 is 2.00 bits per heavy atom. The molecule has 7 heteroatoms. The maximum Gasteiger partial charge on any atom is 0.216 e. The van der Waals surface area contributed by atoms with Gasteiger partial charge >= 0.3 is 0 Å². The van der Waals surface area contributed by atoms with Crippen LogP contribution in [0.1, 0.15) is 49.8 Å². The number of hydrogen-bond acceptors (Lipinski definition) is 5. The lowest BCUT2D eigenvalue weighted by Crippen LogP contribution is -2.21. The van der Waals surface area contributed by atoms with E-state index in [1.807, 2.05) is 35.8 Å². The summed E-state index contributed by atoms with van der Waals surface area (Å²) in [6.07, 6.45) is 1.98. The zero-order valence-corrected chi connectivity index (χ0v) is 14.8. The molecule has 128 valence electrons. The zero-order valence-electron chi connectivity index (χ0n) is 14.8. The van der Waals surface area contributed by atoms with Gasteiger partial charge in [0, 0.05) is 19.8 Å². The van der Waals surface area contributed by atoms with Crippen molar-refractivity contribution in [2.45, 2.75) is 39.3 Å². The Hall–Kier alpha value is -2.41. The number of pyridine rings is 1. The maximum absolute atomic E-state index is 5.53. The Balaban J connectivity index is 1.83. The molecule has 3 heterocycles. The number of ether oxygens (including phenoxy) is 1. The highest BCUT2D eigenvalue weighted by Gasteiger charge is 2.21. The molecule has 0 aliphatic heterocycles. The van der Waals surface area contributed by atoms with Crippen LogP contribution in [0.3, 0.4) is 0 Å². The van der Waals surface area contributed by atoms with Gasteiger partial charge in [-0.3, -0.25) is 4.40 Å². The summed E-state index contributed by atoms with van der Waals surface area (Å²) in [5.74, 6) is 2.02. The lowest BCUT2D eigenvalue weighted by atomic mass is 10.1. The molecule has 0 saturated heterocycles. The Morgan fingerprint density at radius 1 is 1.21 bits per heavy atom. The SMILES string of the molecule is COc1c(CN[C@@H](C)c2nnc3ccccn23)c(C(C)C)nn1C. The van der Waals surface area contributed by atoms with Crippen molar-refractivity contribution in [3.8, 4) is 5.88 Å². The summed E-state index contributed by atoms with van der Waals surface area (Å²) < 4.78 is 9.32. The Morgan fingerprint density at radius 3 is 2.71 bits per heavy atom. The highest BCUT2D eigenvalue weighted by molar-refractivity contribution is 5.37. The van der Waals surface area contributed by atoms with Gasteiger partial charge in [-0.2, -0.15) is 5.10 Å². The summed E-state index contributed by atoms with van der Waals surface area (Å²) in [6, 6.07) is 5.94. The third-order valence-electron chi connectivity index (χ3n) is 4.17. The second kappa shape index (κ2) is 6.60. The molecule has 0 saturated carbocycles. The van der Waals surface area contributed by atoms with Gasteiger partial charge in [0.1, 0.15) is 0 Å². The van der Waals surface area contributed by atoms with Gasteiger partial charge < -0.3 is 10.1 Å². The molecule has 0 fully saturated rings. The molecule has 1 atom stereocenters. The van der Waals surface area contributed by atoms with E-state index in [1.165, 1.54) is 0 Å². The molecule has 0 radical (unpaired) electrons. The van der Waals surface area contributed by atoms with Crippen molar-refractivity contribution in [1.29, 1.82) is 0 Å². The molecular weight excluding hydrogens is 304 g/mol. The van der Waals surface area contributed by atoms with Crippen molar-refractivity contribution in [1.82, 2.24) is 29.7 Å². The number of aromatic nitrogens is 5. The molecule has 0 aliphatic carbocycles. The van der Waals surface area contributed by atoms with Gasteiger partial charge in [-0.25, -0.2) is 4.68 Å². The van der Waals surface area contributed by atoms with E-state index in [0.29, 0.717) is 12.5 Å². The number of methoxy groups -OCH3 is 1. The number of rotatable bonds is 6. The minimum Gasteiger partial charge on any atom is -0.481 e. The van der Waals surface area contributed by atoms with E-state index in [9.17, 15) is 0 Å². The van der Waals surface area contributed by atoms with Crippen molar-refractivity contribution >= 4 is 5.65 Å². The Bertz CT molecular complexity index is 835. The Labute approximate surface area is 141 Å². The topological polar surface area (TPSA) is 69.3 Å². The van der Waals surface area contributed by atoms with Gasteiger partial charge in [0.2, 0.25) is 5.88 Å². The maximum atomic E-state index is 5.53. The van der Waals surface area contributed by atoms with Crippen LogP contribution < -0.4 is 10.1 Å². The fourth-order valence-electron chi connectivity index (χ4n) is 2.96. The van der Waals surface area contributed by atoms with E-state index in [-0.39, 0.29) is 6.04 Å². The number of fused-ring (bicyclic) bond motifs is 1. The summed E-state index contributed by atoms with van der Waals surface area (Å²) in [5.41, 5.74) is 3.00. The molecule has 0 aliphatic rings. The molecule has 7 nitrogen and oxygen atoms in total. The average Bonchev–Trinajstić information content (AvgIpc) is 3.13. The smallest absolute Gasteiger partial charge is 0.216 e. The summed E-state index contributed by atoms with van der Waals surface area (Å²) in [4.78, 5) is 0. The average molecular weight is 328 g/mol. The zero-order chi connectivity index (χ0) is 17.3. The van der Waals surface area contributed by atoms with Crippen LogP contribution in [0.5, 0.6) is 5.88 Å². The van der Waals surface area contributed by atoms with Gasteiger partial charge in [-0.1, -0.05) is 19.9 Å². The van der Waals surface area contributed by atoms with Crippen molar-refractivity contribution in [3.05, 3.63) is 41.5 Å². The van der Waals surface area contributed by atoms with Crippen LogP contribution in [0.2, 0.25) is 0 Å². The van der Waals surface area contributed by atoms with Crippen molar-refractivity contribution < 1.29 is 4.74 Å². The number of nitrogens with zero attached hydrogens (tertiary/aromatic N) is 5. The minimum absolute atomic E-state index is 0.0484. The molecule has 3 aromatic rings. The van der Waals surface area contributed by atoms with Crippen molar-refractivity contribution in [2.75, 3.05) is 7.11 Å². The second-order valence-electron chi connectivity index (χ2n) is 6.24. The molecule has 0 spiro atoms. The van der Waals surface area contributed by atoms with Crippen molar-refractivity contribution in [3.63, 3.8) is 0 Å². The lowest BCUT2D eigenvalue weighted by Gasteiger charge is -2.14. The van der Waals surface area contributed by atoms with Gasteiger partial charge in [0.15, 0.2) is 11.5 Å². The first-order chi connectivity index (χ1) is 11.5. The van der Waals surface area contributed by atoms with Crippen LogP contribution >= 0.6 is 0 Å². The van der Waals surface area contributed by atoms with E-state index in [0.717, 1.165) is 28.6 Å².